The summed E-state index contributed by atoms with van der Waals surface area (Å²) in [5.74, 6) is -2.03. The molecule has 0 aliphatic carbocycles. The SMILES string of the molecule is COC(=O)[C@H](CCCCC#N)NC(=O)[C@@H](Cc1cccc(F)c1)NC(C)=O. The highest BCUT2D eigenvalue weighted by molar-refractivity contribution is 5.90. The number of carbonyl (C=O) groups excluding carboxylic acids is 3. The number of methoxy groups -OCH3 is 1. The van der Waals surface area contributed by atoms with Gasteiger partial charge in [0.15, 0.2) is 0 Å². The third kappa shape index (κ3) is 8.31. The van der Waals surface area contributed by atoms with Crippen LogP contribution in [0.15, 0.2) is 24.3 Å². The molecule has 7 nitrogen and oxygen atoms in total. The van der Waals surface area contributed by atoms with Crippen molar-refractivity contribution in [3.05, 3.63) is 35.6 Å². The van der Waals surface area contributed by atoms with Crippen LogP contribution in [-0.4, -0.2) is 37.0 Å². The van der Waals surface area contributed by atoms with Gasteiger partial charge in [0.25, 0.3) is 0 Å². The number of benzene rings is 1. The first kappa shape index (κ1) is 22.1. The predicted molar refractivity (Wildman–Crippen MR) is 95.7 cm³/mol. The fourth-order valence-corrected chi connectivity index (χ4v) is 2.57. The van der Waals surface area contributed by atoms with Crippen molar-refractivity contribution in [1.82, 2.24) is 10.6 Å². The molecule has 0 aliphatic heterocycles. The Morgan fingerprint density at radius 1 is 1.22 bits per heavy atom. The van der Waals surface area contributed by atoms with Gasteiger partial charge < -0.3 is 15.4 Å². The monoisotopic (exact) mass is 377 g/mol. The minimum atomic E-state index is -0.962. The summed E-state index contributed by atoms with van der Waals surface area (Å²) in [5.41, 5.74) is 0.535. The van der Waals surface area contributed by atoms with Crippen LogP contribution in [0.5, 0.6) is 0 Å². The maximum Gasteiger partial charge on any atom is 0.328 e. The van der Waals surface area contributed by atoms with Crippen LogP contribution in [0, 0.1) is 17.1 Å². The minimum absolute atomic E-state index is 0.0749. The third-order valence-corrected chi connectivity index (χ3v) is 3.86. The number of halogens is 1. The Balaban J connectivity index is 2.83. The zero-order valence-corrected chi connectivity index (χ0v) is 15.5. The van der Waals surface area contributed by atoms with E-state index in [9.17, 15) is 18.8 Å². The molecule has 2 N–H and O–H groups in total. The van der Waals surface area contributed by atoms with E-state index in [1.54, 1.807) is 6.07 Å². The van der Waals surface area contributed by atoms with Gasteiger partial charge in [-0.05, 0) is 37.0 Å². The van der Waals surface area contributed by atoms with Crippen LogP contribution in [-0.2, 0) is 25.5 Å². The number of carbonyl (C=O) groups is 3. The van der Waals surface area contributed by atoms with Crippen molar-refractivity contribution >= 4 is 17.8 Å². The first-order chi connectivity index (χ1) is 12.9. The summed E-state index contributed by atoms with van der Waals surface area (Å²) in [5, 5.41) is 13.7. The molecule has 8 heteroatoms. The summed E-state index contributed by atoms with van der Waals surface area (Å²) < 4.78 is 18.1. The number of ether oxygens (including phenoxy) is 1. The maximum absolute atomic E-state index is 13.4. The Morgan fingerprint density at radius 2 is 1.96 bits per heavy atom. The molecule has 146 valence electrons. The summed E-state index contributed by atoms with van der Waals surface area (Å²) in [4.78, 5) is 36.0. The lowest BCUT2D eigenvalue weighted by atomic mass is 10.0. The van der Waals surface area contributed by atoms with Crippen LogP contribution in [0.1, 0.15) is 38.2 Å². The molecule has 0 bridgehead atoms. The van der Waals surface area contributed by atoms with Gasteiger partial charge in [0.2, 0.25) is 11.8 Å². The van der Waals surface area contributed by atoms with E-state index in [0.717, 1.165) is 0 Å². The topological polar surface area (TPSA) is 108 Å². The zero-order valence-electron chi connectivity index (χ0n) is 15.5. The molecule has 0 spiro atoms. The highest BCUT2D eigenvalue weighted by Crippen LogP contribution is 2.09. The summed E-state index contributed by atoms with van der Waals surface area (Å²) >= 11 is 0. The number of esters is 1. The lowest BCUT2D eigenvalue weighted by Gasteiger charge is -2.22. The second-order valence-corrected chi connectivity index (χ2v) is 6.08. The first-order valence-corrected chi connectivity index (χ1v) is 8.64. The Bertz CT molecular complexity index is 702. The van der Waals surface area contributed by atoms with Crippen LogP contribution in [0.25, 0.3) is 0 Å². The molecular weight excluding hydrogens is 353 g/mol. The van der Waals surface area contributed by atoms with Gasteiger partial charge in [-0.2, -0.15) is 5.26 Å². The molecule has 0 saturated heterocycles. The summed E-state index contributed by atoms with van der Waals surface area (Å²) in [6.45, 7) is 1.27. The Hall–Kier alpha value is -2.95. The van der Waals surface area contributed by atoms with Crippen molar-refractivity contribution in [2.45, 2.75) is 51.1 Å². The molecule has 1 aromatic rings. The van der Waals surface area contributed by atoms with Gasteiger partial charge in [-0.1, -0.05) is 12.1 Å². The lowest BCUT2D eigenvalue weighted by Crippen LogP contribution is -2.52. The van der Waals surface area contributed by atoms with Crippen molar-refractivity contribution in [1.29, 1.82) is 5.26 Å². The van der Waals surface area contributed by atoms with Crippen molar-refractivity contribution < 1.29 is 23.5 Å². The van der Waals surface area contributed by atoms with Gasteiger partial charge in [-0.25, -0.2) is 9.18 Å². The molecule has 2 atom stereocenters. The largest absolute Gasteiger partial charge is 0.467 e. The van der Waals surface area contributed by atoms with Gasteiger partial charge in [0.05, 0.1) is 13.2 Å². The molecule has 1 aromatic carbocycles. The van der Waals surface area contributed by atoms with Gasteiger partial charge in [-0.15, -0.1) is 0 Å². The summed E-state index contributed by atoms with van der Waals surface area (Å²) in [6.07, 6.45) is 1.90. The van der Waals surface area contributed by atoms with E-state index in [1.165, 1.54) is 32.2 Å². The number of unbranched alkanes of at least 4 members (excludes halogenated alkanes) is 2. The lowest BCUT2D eigenvalue weighted by molar-refractivity contribution is -0.145. The highest BCUT2D eigenvalue weighted by atomic mass is 19.1. The fourth-order valence-electron chi connectivity index (χ4n) is 2.57. The molecule has 2 amide bonds. The molecular formula is C19H24FN3O4. The zero-order chi connectivity index (χ0) is 20.2. The second kappa shape index (κ2) is 11.6. The second-order valence-electron chi connectivity index (χ2n) is 6.08. The molecule has 0 saturated carbocycles. The molecule has 0 unspecified atom stereocenters. The van der Waals surface area contributed by atoms with Crippen LogP contribution in [0.4, 0.5) is 4.39 Å². The van der Waals surface area contributed by atoms with Gasteiger partial charge >= 0.3 is 5.97 Å². The summed E-state index contributed by atoms with van der Waals surface area (Å²) in [6, 6.07) is 5.89. The number of hydrogen-bond acceptors (Lipinski definition) is 5. The fraction of sp³-hybridized carbons (Fsp3) is 0.474. The Morgan fingerprint density at radius 3 is 2.56 bits per heavy atom. The number of nitriles is 1. The highest BCUT2D eigenvalue weighted by Gasteiger charge is 2.26. The molecule has 0 radical (unpaired) electrons. The van der Waals surface area contributed by atoms with E-state index in [-0.39, 0.29) is 6.42 Å². The Kier molecular flexibility index (Phi) is 9.51. The quantitative estimate of drug-likeness (QED) is 0.476. The van der Waals surface area contributed by atoms with Crippen molar-refractivity contribution in [2.75, 3.05) is 7.11 Å². The number of rotatable bonds is 10. The summed E-state index contributed by atoms with van der Waals surface area (Å²) in [7, 11) is 1.22. The smallest absolute Gasteiger partial charge is 0.328 e. The van der Waals surface area contributed by atoms with E-state index in [2.05, 4.69) is 10.6 Å². The third-order valence-electron chi connectivity index (χ3n) is 3.86. The molecule has 0 fully saturated rings. The maximum atomic E-state index is 13.4. The van der Waals surface area contributed by atoms with Gasteiger partial charge in [0.1, 0.15) is 17.9 Å². The number of amides is 2. The average Bonchev–Trinajstić information content (AvgIpc) is 2.62. The predicted octanol–water partition coefficient (Wildman–Crippen LogP) is 1.61. The van der Waals surface area contributed by atoms with Gasteiger partial charge in [-0.3, -0.25) is 9.59 Å². The van der Waals surface area contributed by atoms with E-state index in [1.807, 2.05) is 6.07 Å². The molecule has 0 aromatic heterocycles. The van der Waals surface area contributed by atoms with Crippen LogP contribution >= 0.6 is 0 Å². The number of nitrogens with zero attached hydrogens (tertiary/aromatic N) is 1. The van der Waals surface area contributed by atoms with Crippen LogP contribution in [0.3, 0.4) is 0 Å². The molecule has 27 heavy (non-hydrogen) atoms. The van der Waals surface area contributed by atoms with Crippen molar-refractivity contribution in [2.24, 2.45) is 0 Å². The molecule has 1 rings (SSSR count). The van der Waals surface area contributed by atoms with E-state index < -0.39 is 35.7 Å². The standard InChI is InChI=1S/C19H24FN3O4/c1-13(24)22-17(12-14-7-6-8-15(20)11-14)18(25)23-16(19(26)27-2)9-4-3-5-10-21/h6-8,11,16-17H,3-5,9,12H2,1-2H3,(H,22,24)(H,23,25)/t16-,17+/m0/s1. The van der Waals surface area contributed by atoms with Crippen LogP contribution in [0.2, 0.25) is 0 Å². The van der Waals surface area contributed by atoms with E-state index in [4.69, 9.17) is 10.00 Å². The molecule has 0 aliphatic rings. The minimum Gasteiger partial charge on any atom is -0.467 e. The Labute approximate surface area is 157 Å². The van der Waals surface area contributed by atoms with Crippen LogP contribution < -0.4 is 10.6 Å². The number of hydrogen-bond donors (Lipinski definition) is 2. The van der Waals surface area contributed by atoms with Crippen molar-refractivity contribution in [3.63, 3.8) is 0 Å². The van der Waals surface area contributed by atoms with E-state index >= 15 is 0 Å². The molecule has 0 heterocycles. The normalized spacial score (nSPS) is 12.4. The van der Waals surface area contributed by atoms with E-state index in [0.29, 0.717) is 31.2 Å². The first-order valence-electron chi connectivity index (χ1n) is 8.64. The average molecular weight is 377 g/mol. The van der Waals surface area contributed by atoms with Gasteiger partial charge in [0, 0.05) is 19.8 Å². The number of nitrogens with one attached hydrogen (secondary N) is 2. The van der Waals surface area contributed by atoms with Crippen molar-refractivity contribution in [3.8, 4) is 6.07 Å².